The summed E-state index contributed by atoms with van der Waals surface area (Å²) in [5.74, 6) is 0.570. The summed E-state index contributed by atoms with van der Waals surface area (Å²) in [7, 11) is 5.18. The maximum atomic E-state index is 11.0. The van der Waals surface area contributed by atoms with Crippen molar-refractivity contribution in [3.63, 3.8) is 0 Å². The van der Waals surface area contributed by atoms with Gasteiger partial charge in [0.1, 0.15) is 0 Å². The van der Waals surface area contributed by atoms with Gasteiger partial charge < -0.3 is 9.64 Å². The Morgan fingerprint density at radius 2 is 1.86 bits per heavy atom. The molecule has 114 valence electrons. The highest BCUT2D eigenvalue weighted by Crippen LogP contribution is 2.22. The number of guanidine groups is 1. The summed E-state index contributed by atoms with van der Waals surface area (Å²) in [5.41, 5.74) is 1.18. The molecule has 0 fully saturated rings. The third-order valence-electron chi connectivity index (χ3n) is 2.56. The first-order valence-electron chi connectivity index (χ1n) is 6.43. The van der Waals surface area contributed by atoms with Crippen molar-refractivity contribution in [2.75, 3.05) is 27.8 Å². The standard InChI is InChI=1S/C12H15N3O.C2H6O.C2H2/c1-9(16)13-12-14-11(8-15(12)2)10-6-4-3-5-7-10;1-3-2;1-2/h3-7,11H,8H2,1-2H3,(H,13,14,16);1-2H3;1-2H/t11-;;/m0../s1. The van der Waals surface area contributed by atoms with Gasteiger partial charge in [0.15, 0.2) is 0 Å². The molecule has 0 radical (unpaired) electrons. The molecule has 1 aliphatic heterocycles. The van der Waals surface area contributed by atoms with Crippen LogP contribution < -0.4 is 5.32 Å². The van der Waals surface area contributed by atoms with Crippen LogP contribution in [-0.4, -0.2) is 44.6 Å². The summed E-state index contributed by atoms with van der Waals surface area (Å²) in [6.45, 7) is 2.30. The maximum Gasteiger partial charge on any atom is 0.223 e. The molecule has 0 spiro atoms. The number of aliphatic imine (C=N–C) groups is 1. The van der Waals surface area contributed by atoms with Crippen molar-refractivity contribution < 1.29 is 9.53 Å². The van der Waals surface area contributed by atoms with Gasteiger partial charge in [0, 0.05) is 34.7 Å². The number of nitrogens with zero attached hydrogens (tertiary/aromatic N) is 2. The Bertz CT molecular complexity index is 469. The van der Waals surface area contributed by atoms with E-state index in [0.717, 1.165) is 6.54 Å². The minimum atomic E-state index is -0.0840. The Kier molecular flexibility index (Phi) is 9.31. The topological polar surface area (TPSA) is 53.9 Å². The summed E-state index contributed by atoms with van der Waals surface area (Å²) in [5, 5.41) is 2.73. The lowest BCUT2D eigenvalue weighted by molar-refractivity contribution is -0.117. The number of amides is 1. The quantitative estimate of drug-likeness (QED) is 0.800. The molecule has 1 atom stereocenters. The van der Waals surface area contributed by atoms with E-state index in [-0.39, 0.29) is 11.9 Å². The average molecular weight is 289 g/mol. The van der Waals surface area contributed by atoms with E-state index >= 15 is 0 Å². The molecule has 2 rings (SSSR count). The van der Waals surface area contributed by atoms with Gasteiger partial charge in [-0.25, -0.2) is 4.99 Å². The minimum absolute atomic E-state index is 0.0840. The molecule has 1 aromatic rings. The van der Waals surface area contributed by atoms with Crippen molar-refractivity contribution in [3.8, 4) is 12.8 Å². The molecular formula is C16H23N3O2. The molecule has 0 aromatic heterocycles. The Balaban J connectivity index is 0.000000713. The number of carbonyl (C=O) groups is 1. The molecule has 1 aromatic carbocycles. The number of methoxy groups -OCH3 is 1. The lowest BCUT2D eigenvalue weighted by Crippen LogP contribution is -2.38. The monoisotopic (exact) mass is 289 g/mol. The van der Waals surface area contributed by atoms with Crippen molar-refractivity contribution in [1.82, 2.24) is 10.2 Å². The Labute approximate surface area is 127 Å². The van der Waals surface area contributed by atoms with Crippen molar-refractivity contribution in [1.29, 1.82) is 0 Å². The number of rotatable bonds is 1. The Morgan fingerprint density at radius 1 is 1.33 bits per heavy atom. The molecule has 1 aliphatic rings. The van der Waals surface area contributed by atoms with Crippen LogP contribution in [0.2, 0.25) is 0 Å². The number of benzene rings is 1. The second-order valence-electron chi connectivity index (χ2n) is 4.35. The molecule has 0 bridgehead atoms. The van der Waals surface area contributed by atoms with Crippen LogP contribution in [-0.2, 0) is 9.53 Å². The Morgan fingerprint density at radius 3 is 2.33 bits per heavy atom. The minimum Gasteiger partial charge on any atom is -0.388 e. The SMILES string of the molecule is C#C.CC(=O)NC1=N[C@H](c2ccccc2)CN1C.COC. The van der Waals surface area contributed by atoms with Crippen LogP contribution >= 0.6 is 0 Å². The lowest BCUT2D eigenvalue weighted by Gasteiger charge is -2.13. The zero-order chi connectivity index (χ0) is 16.3. The summed E-state index contributed by atoms with van der Waals surface area (Å²) < 4.78 is 4.25. The number of nitrogens with one attached hydrogen (secondary N) is 1. The molecule has 5 nitrogen and oxygen atoms in total. The summed E-state index contributed by atoms with van der Waals surface area (Å²) in [6.07, 6.45) is 8.00. The first-order chi connectivity index (χ1) is 10.1. The van der Waals surface area contributed by atoms with Gasteiger partial charge in [0.2, 0.25) is 11.9 Å². The molecule has 0 saturated carbocycles. The van der Waals surface area contributed by atoms with E-state index in [4.69, 9.17) is 0 Å². The van der Waals surface area contributed by atoms with E-state index in [2.05, 4.69) is 40.0 Å². The van der Waals surface area contributed by atoms with E-state index < -0.39 is 0 Å². The van der Waals surface area contributed by atoms with Gasteiger partial charge in [0.25, 0.3) is 0 Å². The number of ether oxygens (including phenoxy) is 1. The molecule has 21 heavy (non-hydrogen) atoms. The van der Waals surface area contributed by atoms with E-state index in [1.807, 2.05) is 30.1 Å². The third-order valence-corrected chi connectivity index (χ3v) is 2.56. The fraction of sp³-hybridized carbons (Fsp3) is 0.375. The van der Waals surface area contributed by atoms with Crippen molar-refractivity contribution in [2.24, 2.45) is 4.99 Å². The second-order valence-corrected chi connectivity index (χ2v) is 4.35. The molecule has 1 N–H and O–H groups in total. The Hall–Kier alpha value is -2.32. The molecule has 0 aliphatic carbocycles. The number of terminal acetylenes is 1. The van der Waals surface area contributed by atoms with Crippen LogP contribution in [0.5, 0.6) is 0 Å². The third kappa shape index (κ3) is 6.59. The predicted molar refractivity (Wildman–Crippen MR) is 85.9 cm³/mol. The summed E-state index contributed by atoms with van der Waals surface area (Å²) >= 11 is 0. The van der Waals surface area contributed by atoms with E-state index in [1.54, 1.807) is 14.2 Å². The van der Waals surface area contributed by atoms with Crippen molar-refractivity contribution >= 4 is 11.9 Å². The summed E-state index contributed by atoms with van der Waals surface area (Å²) in [4.78, 5) is 17.4. The van der Waals surface area contributed by atoms with Gasteiger partial charge in [-0.05, 0) is 5.56 Å². The maximum absolute atomic E-state index is 11.0. The zero-order valence-corrected chi connectivity index (χ0v) is 13.0. The van der Waals surface area contributed by atoms with Crippen LogP contribution in [0.4, 0.5) is 0 Å². The number of hydrogen-bond acceptors (Lipinski definition) is 4. The molecule has 1 heterocycles. The first kappa shape index (κ1) is 18.7. The van der Waals surface area contributed by atoms with Crippen molar-refractivity contribution in [2.45, 2.75) is 13.0 Å². The fourth-order valence-electron chi connectivity index (χ4n) is 1.77. The smallest absolute Gasteiger partial charge is 0.223 e. The van der Waals surface area contributed by atoms with Gasteiger partial charge in [-0.1, -0.05) is 30.3 Å². The van der Waals surface area contributed by atoms with Gasteiger partial charge in [0.05, 0.1) is 6.04 Å². The van der Waals surface area contributed by atoms with Crippen LogP contribution in [0.3, 0.4) is 0 Å². The fourth-order valence-corrected chi connectivity index (χ4v) is 1.77. The van der Waals surface area contributed by atoms with E-state index in [1.165, 1.54) is 12.5 Å². The van der Waals surface area contributed by atoms with Crippen LogP contribution in [0, 0.1) is 12.8 Å². The lowest BCUT2D eigenvalue weighted by atomic mass is 10.1. The largest absolute Gasteiger partial charge is 0.388 e. The van der Waals surface area contributed by atoms with Crippen LogP contribution in [0.15, 0.2) is 35.3 Å². The van der Waals surface area contributed by atoms with Gasteiger partial charge >= 0.3 is 0 Å². The molecular weight excluding hydrogens is 266 g/mol. The van der Waals surface area contributed by atoms with Crippen LogP contribution in [0.1, 0.15) is 18.5 Å². The normalized spacial score (nSPS) is 15.8. The van der Waals surface area contributed by atoms with E-state index in [0.29, 0.717) is 5.96 Å². The van der Waals surface area contributed by atoms with Crippen molar-refractivity contribution in [3.05, 3.63) is 35.9 Å². The van der Waals surface area contributed by atoms with E-state index in [9.17, 15) is 4.79 Å². The molecule has 1 amide bonds. The average Bonchev–Trinajstić information content (AvgIpc) is 2.83. The highest BCUT2D eigenvalue weighted by atomic mass is 16.4. The van der Waals surface area contributed by atoms with Gasteiger partial charge in [-0.2, -0.15) is 0 Å². The first-order valence-corrected chi connectivity index (χ1v) is 6.43. The molecule has 0 unspecified atom stereocenters. The van der Waals surface area contributed by atoms with Crippen LogP contribution in [0.25, 0.3) is 0 Å². The number of hydrogen-bond donors (Lipinski definition) is 1. The number of carbonyl (C=O) groups excluding carboxylic acids is 1. The predicted octanol–water partition coefficient (Wildman–Crippen LogP) is 1.68. The summed E-state index contributed by atoms with van der Waals surface area (Å²) in [6, 6.07) is 10.2. The number of likely N-dealkylation sites (N-methyl/N-ethyl adjacent to an activating group) is 1. The molecule has 5 heteroatoms. The highest BCUT2D eigenvalue weighted by Gasteiger charge is 2.23. The highest BCUT2D eigenvalue weighted by molar-refractivity contribution is 5.96. The molecule has 0 saturated heterocycles. The van der Waals surface area contributed by atoms with Gasteiger partial charge in [-0.3, -0.25) is 10.1 Å². The van der Waals surface area contributed by atoms with Gasteiger partial charge in [-0.15, -0.1) is 12.8 Å². The zero-order valence-electron chi connectivity index (χ0n) is 13.0. The second kappa shape index (κ2) is 10.5.